The quantitative estimate of drug-likeness (QED) is 0.743. The summed E-state index contributed by atoms with van der Waals surface area (Å²) in [5.41, 5.74) is 5.18. The zero-order chi connectivity index (χ0) is 14.8. The molecule has 1 heterocycles. The monoisotopic (exact) mass is 278 g/mol. The fourth-order valence-corrected chi connectivity index (χ4v) is 2.21. The minimum absolute atomic E-state index is 0.919. The first-order chi connectivity index (χ1) is 10.1. The Morgan fingerprint density at radius 3 is 2.57 bits per heavy atom. The molecule has 106 valence electrons. The summed E-state index contributed by atoms with van der Waals surface area (Å²) < 4.78 is 0. The predicted octanol–water partition coefficient (Wildman–Crippen LogP) is 3.69. The maximum atomic E-state index is 4.52. The standard InChI is InChI=1S/C17H18N4/c1-12-19-16-9-6-14(10-17(16)20-12)18-11-13-4-7-15(8-5-13)21(2)3/h4-11H,1-3H3,(H,19,20). The predicted molar refractivity (Wildman–Crippen MR) is 88.9 cm³/mol. The van der Waals surface area contributed by atoms with Crippen LogP contribution in [0.3, 0.4) is 0 Å². The lowest BCUT2D eigenvalue weighted by molar-refractivity contribution is 1.13. The Morgan fingerprint density at radius 1 is 1.10 bits per heavy atom. The SMILES string of the molecule is Cc1nc2ccc(N=Cc3ccc(N(C)C)cc3)cc2[nH]1. The third kappa shape index (κ3) is 2.94. The first-order valence-corrected chi connectivity index (χ1v) is 6.90. The van der Waals surface area contributed by atoms with Gasteiger partial charge >= 0.3 is 0 Å². The molecule has 0 spiro atoms. The first-order valence-electron chi connectivity index (χ1n) is 6.90. The van der Waals surface area contributed by atoms with Gasteiger partial charge in [-0.3, -0.25) is 4.99 Å². The van der Waals surface area contributed by atoms with Crippen molar-refractivity contribution in [2.45, 2.75) is 6.92 Å². The Hall–Kier alpha value is -2.62. The van der Waals surface area contributed by atoms with E-state index in [1.807, 2.05) is 45.4 Å². The van der Waals surface area contributed by atoms with E-state index >= 15 is 0 Å². The maximum Gasteiger partial charge on any atom is 0.104 e. The van der Waals surface area contributed by atoms with Crippen LogP contribution in [0.25, 0.3) is 11.0 Å². The number of rotatable bonds is 3. The van der Waals surface area contributed by atoms with Gasteiger partial charge in [0.05, 0.1) is 16.7 Å². The molecule has 4 nitrogen and oxygen atoms in total. The highest BCUT2D eigenvalue weighted by atomic mass is 15.1. The molecule has 1 aromatic heterocycles. The summed E-state index contributed by atoms with van der Waals surface area (Å²) in [6.07, 6.45) is 1.88. The summed E-state index contributed by atoms with van der Waals surface area (Å²) in [5, 5.41) is 0. The van der Waals surface area contributed by atoms with Gasteiger partial charge in [-0.2, -0.15) is 0 Å². The van der Waals surface area contributed by atoms with Crippen molar-refractivity contribution in [3.8, 4) is 0 Å². The third-order valence-electron chi connectivity index (χ3n) is 3.36. The molecular formula is C17H18N4. The van der Waals surface area contributed by atoms with E-state index in [0.717, 1.165) is 28.1 Å². The Bertz CT molecular complexity index is 782. The lowest BCUT2D eigenvalue weighted by Crippen LogP contribution is -2.08. The van der Waals surface area contributed by atoms with Crippen molar-refractivity contribution in [3.63, 3.8) is 0 Å². The Balaban J connectivity index is 1.83. The normalized spacial score (nSPS) is 11.4. The molecule has 0 aliphatic rings. The van der Waals surface area contributed by atoms with Crippen LogP contribution < -0.4 is 4.90 Å². The summed E-state index contributed by atoms with van der Waals surface area (Å²) in [4.78, 5) is 14.2. The lowest BCUT2D eigenvalue weighted by Gasteiger charge is -2.11. The van der Waals surface area contributed by atoms with Crippen LogP contribution in [-0.4, -0.2) is 30.3 Å². The lowest BCUT2D eigenvalue weighted by atomic mass is 10.2. The summed E-state index contributed by atoms with van der Waals surface area (Å²) in [7, 11) is 4.06. The van der Waals surface area contributed by atoms with Gasteiger partial charge < -0.3 is 9.88 Å². The van der Waals surface area contributed by atoms with Gasteiger partial charge in [0.25, 0.3) is 0 Å². The molecule has 0 radical (unpaired) electrons. The van der Waals surface area contributed by atoms with Crippen LogP contribution in [0.2, 0.25) is 0 Å². The highest BCUT2D eigenvalue weighted by molar-refractivity contribution is 5.85. The van der Waals surface area contributed by atoms with Crippen molar-refractivity contribution in [2.75, 3.05) is 19.0 Å². The van der Waals surface area contributed by atoms with E-state index in [2.05, 4.69) is 44.1 Å². The molecule has 0 fully saturated rings. The molecule has 0 aliphatic carbocycles. The number of anilines is 1. The van der Waals surface area contributed by atoms with Crippen LogP contribution in [-0.2, 0) is 0 Å². The molecule has 0 amide bonds. The Labute approximate surface area is 124 Å². The number of hydrogen-bond acceptors (Lipinski definition) is 3. The molecule has 21 heavy (non-hydrogen) atoms. The number of aliphatic imine (C=N–C) groups is 1. The zero-order valence-electron chi connectivity index (χ0n) is 12.5. The highest BCUT2D eigenvalue weighted by Crippen LogP contribution is 2.19. The molecular weight excluding hydrogens is 260 g/mol. The number of aromatic amines is 1. The number of nitrogens with one attached hydrogen (secondary N) is 1. The number of benzene rings is 2. The number of imidazole rings is 1. The Morgan fingerprint density at radius 2 is 1.86 bits per heavy atom. The van der Waals surface area contributed by atoms with E-state index in [1.165, 1.54) is 5.69 Å². The second-order valence-electron chi connectivity index (χ2n) is 5.27. The minimum Gasteiger partial charge on any atom is -0.378 e. The maximum absolute atomic E-state index is 4.52. The van der Waals surface area contributed by atoms with Crippen molar-refractivity contribution < 1.29 is 0 Å². The summed E-state index contributed by atoms with van der Waals surface area (Å²) in [6, 6.07) is 14.3. The number of H-pyrrole nitrogens is 1. The van der Waals surface area contributed by atoms with Crippen LogP contribution in [0.1, 0.15) is 11.4 Å². The average molecular weight is 278 g/mol. The highest BCUT2D eigenvalue weighted by Gasteiger charge is 1.99. The van der Waals surface area contributed by atoms with Gasteiger partial charge in [0, 0.05) is 26.0 Å². The summed E-state index contributed by atoms with van der Waals surface area (Å²) in [6.45, 7) is 1.95. The molecule has 0 unspecified atom stereocenters. The number of aromatic nitrogens is 2. The number of nitrogens with zero attached hydrogens (tertiary/aromatic N) is 3. The molecule has 0 aliphatic heterocycles. The van der Waals surface area contributed by atoms with E-state index in [0.29, 0.717) is 0 Å². The van der Waals surface area contributed by atoms with E-state index in [-0.39, 0.29) is 0 Å². The van der Waals surface area contributed by atoms with E-state index in [9.17, 15) is 0 Å². The molecule has 0 saturated heterocycles. The largest absolute Gasteiger partial charge is 0.378 e. The van der Waals surface area contributed by atoms with Gasteiger partial charge in [-0.05, 0) is 42.8 Å². The minimum atomic E-state index is 0.919. The number of fused-ring (bicyclic) bond motifs is 1. The Kier molecular flexibility index (Phi) is 3.44. The fraction of sp³-hybridized carbons (Fsp3) is 0.176. The second kappa shape index (κ2) is 5.40. The van der Waals surface area contributed by atoms with Crippen molar-refractivity contribution in [2.24, 2.45) is 4.99 Å². The molecule has 1 N–H and O–H groups in total. The van der Waals surface area contributed by atoms with Gasteiger partial charge in [-0.1, -0.05) is 12.1 Å². The van der Waals surface area contributed by atoms with Gasteiger partial charge in [-0.15, -0.1) is 0 Å². The van der Waals surface area contributed by atoms with Crippen molar-refractivity contribution in [1.82, 2.24) is 9.97 Å². The van der Waals surface area contributed by atoms with Crippen LogP contribution in [0.15, 0.2) is 47.5 Å². The van der Waals surface area contributed by atoms with Crippen molar-refractivity contribution >= 4 is 28.6 Å². The number of hydrogen-bond donors (Lipinski definition) is 1. The van der Waals surface area contributed by atoms with Gasteiger partial charge in [-0.25, -0.2) is 4.98 Å². The summed E-state index contributed by atoms with van der Waals surface area (Å²) in [5.74, 6) is 0.922. The van der Waals surface area contributed by atoms with Crippen molar-refractivity contribution in [1.29, 1.82) is 0 Å². The van der Waals surface area contributed by atoms with Crippen molar-refractivity contribution in [3.05, 3.63) is 53.9 Å². The van der Waals surface area contributed by atoms with Gasteiger partial charge in [0.1, 0.15) is 5.82 Å². The van der Waals surface area contributed by atoms with Crippen LogP contribution >= 0.6 is 0 Å². The molecule has 0 saturated carbocycles. The van der Waals surface area contributed by atoms with Crippen LogP contribution in [0, 0.1) is 6.92 Å². The second-order valence-corrected chi connectivity index (χ2v) is 5.27. The number of aryl methyl sites for hydroxylation is 1. The van der Waals surface area contributed by atoms with Gasteiger partial charge in [0.15, 0.2) is 0 Å². The fourth-order valence-electron chi connectivity index (χ4n) is 2.21. The van der Waals surface area contributed by atoms with E-state index < -0.39 is 0 Å². The van der Waals surface area contributed by atoms with E-state index in [1.54, 1.807) is 0 Å². The first kappa shape index (κ1) is 13.4. The molecule has 3 rings (SSSR count). The molecule has 3 aromatic rings. The smallest absolute Gasteiger partial charge is 0.104 e. The molecule has 0 atom stereocenters. The van der Waals surface area contributed by atoms with E-state index in [4.69, 9.17) is 0 Å². The van der Waals surface area contributed by atoms with Crippen LogP contribution in [0.5, 0.6) is 0 Å². The molecule has 2 aromatic carbocycles. The molecule has 0 bridgehead atoms. The third-order valence-corrected chi connectivity index (χ3v) is 3.36. The van der Waals surface area contributed by atoms with Gasteiger partial charge in [0.2, 0.25) is 0 Å². The topological polar surface area (TPSA) is 44.3 Å². The zero-order valence-corrected chi connectivity index (χ0v) is 12.5. The summed E-state index contributed by atoms with van der Waals surface area (Å²) >= 11 is 0. The van der Waals surface area contributed by atoms with Crippen LogP contribution in [0.4, 0.5) is 11.4 Å². The average Bonchev–Trinajstić information content (AvgIpc) is 2.84. The molecule has 4 heteroatoms.